The Bertz CT molecular complexity index is 1170. The highest BCUT2D eigenvalue weighted by atomic mass is 19.2. The Morgan fingerprint density at radius 3 is 2.19 bits per heavy atom. The fraction of sp³-hybridized carbons (Fsp3) is 0.318. The number of nitrogens with one attached hydrogen (secondary N) is 2. The molecule has 0 fully saturated rings. The van der Waals surface area contributed by atoms with Crippen LogP contribution in [0.4, 0.5) is 23.5 Å². The Morgan fingerprint density at radius 2 is 1.62 bits per heavy atom. The van der Waals surface area contributed by atoms with Crippen LogP contribution in [0.5, 0.6) is 5.75 Å². The lowest BCUT2D eigenvalue weighted by Crippen LogP contribution is -2.45. The number of carbonyl (C=O) groups is 5. The number of carboxylic acid groups (broad SMARTS) is 1. The van der Waals surface area contributed by atoms with Crippen LogP contribution in [0.25, 0.3) is 0 Å². The summed E-state index contributed by atoms with van der Waals surface area (Å²) < 4.78 is 58.7. The van der Waals surface area contributed by atoms with Crippen molar-refractivity contribution in [3.63, 3.8) is 0 Å². The molecular formula is C22H20F4N4O7. The van der Waals surface area contributed by atoms with E-state index in [1.807, 2.05) is 0 Å². The van der Waals surface area contributed by atoms with Crippen LogP contribution in [0.1, 0.15) is 26.2 Å². The first-order chi connectivity index (χ1) is 17.4. The summed E-state index contributed by atoms with van der Waals surface area (Å²) in [6, 6.07) is -0.164. The number of amides is 2. The number of aliphatic carboxylic acids is 1. The lowest BCUT2D eigenvalue weighted by Gasteiger charge is -2.20. The molecule has 0 spiro atoms. The van der Waals surface area contributed by atoms with Crippen LogP contribution < -0.4 is 15.4 Å². The van der Waals surface area contributed by atoms with Crippen LogP contribution in [0.15, 0.2) is 24.5 Å². The number of ketones is 2. The van der Waals surface area contributed by atoms with Gasteiger partial charge < -0.3 is 15.2 Å². The summed E-state index contributed by atoms with van der Waals surface area (Å²) in [4.78, 5) is 67.5. The number of anilines is 1. The number of benzene rings is 1. The molecule has 0 saturated heterocycles. The van der Waals surface area contributed by atoms with Gasteiger partial charge >= 0.3 is 5.97 Å². The van der Waals surface area contributed by atoms with Gasteiger partial charge in [-0.05, 0) is 12.5 Å². The van der Waals surface area contributed by atoms with Crippen LogP contribution >= 0.6 is 0 Å². The Labute approximate surface area is 206 Å². The second-order valence-corrected chi connectivity index (χ2v) is 7.60. The fourth-order valence-electron chi connectivity index (χ4n) is 2.82. The highest BCUT2D eigenvalue weighted by Crippen LogP contribution is 2.26. The van der Waals surface area contributed by atoms with Crippen molar-refractivity contribution < 1.29 is 51.4 Å². The van der Waals surface area contributed by atoms with Crippen LogP contribution in [0.2, 0.25) is 0 Å². The zero-order chi connectivity index (χ0) is 27.7. The highest BCUT2D eigenvalue weighted by Gasteiger charge is 2.28. The Balaban J connectivity index is 2.03. The van der Waals surface area contributed by atoms with E-state index >= 15 is 0 Å². The van der Waals surface area contributed by atoms with Gasteiger partial charge in [-0.2, -0.15) is 8.78 Å². The molecule has 2 aromatic rings. The predicted octanol–water partition coefficient (Wildman–Crippen LogP) is 1.56. The summed E-state index contributed by atoms with van der Waals surface area (Å²) in [7, 11) is 0. The molecule has 3 N–H and O–H groups in total. The van der Waals surface area contributed by atoms with Crippen LogP contribution in [-0.2, 0) is 24.0 Å². The number of ether oxygens (including phenoxy) is 1. The zero-order valence-corrected chi connectivity index (χ0v) is 19.1. The second kappa shape index (κ2) is 13.0. The van der Waals surface area contributed by atoms with E-state index in [2.05, 4.69) is 25.3 Å². The first kappa shape index (κ1) is 28.8. The van der Waals surface area contributed by atoms with Gasteiger partial charge in [-0.3, -0.25) is 29.3 Å². The molecule has 2 amide bonds. The van der Waals surface area contributed by atoms with Crippen molar-refractivity contribution in [1.82, 2.24) is 15.3 Å². The lowest BCUT2D eigenvalue weighted by molar-refractivity contribution is -0.139. The molecule has 1 aromatic carbocycles. The molecule has 198 valence electrons. The highest BCUT2D eigenvalue weighted by molar-refractivity contribution is 6.40. The average molecular weight is 528 g/mol. The van der Waals surface area contributed by atoms with E-state index in [1.165, 1.54) is 25.4 Å². The number of rotatable bonds is 13. The van der Waals surface area contributed by atoms with Crippen LogP contribution in [0, 0.1) is 29.2 Å². The van der Waals surface area contributed by atoms with Gasteiger partial charge in [0.1, 0.15) is 6.61 Å². The van der Waals surface area contributed by atoms with Crippen molar-refractivity contribution in [3.8, 4) is 5.75 Å². The van der Waals surface area contributed by atoms with Gasteiger partial charge in [-0.1, -0.05) is 6.92 Å². The number of hydrogen-bond acceptors (Lipinski definition) is 8. The molecule has 15 heteroatoms. The molecule has 0 aliphatic rings. The Hall–Kier alpha value is -4.43. The van der Waals surface area contributed by atoms with Crippen molar-refractivity contribution in [2.24, 2.45) is 5.92 Å². The van der Waals surface area contributed by atoms with E-state index in [1.54, 1.807) is 0 Å². The molecule has 0 saturated carbocycles. The van der Waals surface area contributed by atoms with Crippen molar-refractivity contribution in [2.75, 3.05) is 11.9 Å². The molecule has 2 rings (SSSR count). The van der Waals surface area contributed by atoms with Crippen molar-refractivity contribution >= 4 is 35.3 Å². The third-order valence-electron chi connectivity index (χ3n) is 4.77. The Kier molecular flexibility index (Phi) is 10.1. The summed E-state index contributed by atoms with van der Waals surface area (Å²) in [6.07, 6.45) is 0.905. The molecule has 2 atom stereocenters. The molecule has 1 aromatic heterocycles. The lowest BCUT2D eigenvalue weighted by atomic mass is 10.0. The van der Waals surface area contributed by atoms with Gasteiger partial charge in [0.15, 0.2) is 23.2 Å². The quantitative estimate of drug-likeness (QED) is 0.199. The average Bonchev–Trinajstić information content (AvgIpc) is 2.85. The number of halogens is 4. The van der Waals surface area contributed by atoms with Gasteiger partial charge in [0, 0.05) is 37.2 Å². The third-order valence-corrected chi connectivity index (χ3v) is 4.77. The number of carbonyl (C=O) groups excluding carboxylic acids is 4. The Morgan fingerprint density at radius 1 is 1.03 bits per heavy atom. The standard InChI is InChI=1S/C22H20F4N4O7/c1-10(7-14(31)21(36)30-22-27-5-2-6-28-22)20(35)29-13(3-4-16(33)34)15(32)9-37-19-17(25)11(23)8-12(24)18(19)26/h2,5-6,8,10,13H,3-4,7,9H2,1H3,(H,29,35)(H,33,34)(H,27,28,30,36)/t10-,13+/m1/s1. The molecular weight excluding hydrogens is 508 g/mol. The smallest absolute Gasteiger partial charge is 0.303 e. The van der Waals surface area contributed by atoms with Gasteiger partial charge in [0.25, 0.3) is 5.91 Å². The largest absolute Gasteiger partial charge is 0.481 e. The van der Waals surface area contributed by atoms with Gasteiger partial charge in [0.2, 0.25) is 29.3 Å². The summed E-state index contributed by atoms with van der Waals surface area (Å²) in [5, 5.41) is 13.2. The van der Waals surface area contributed by atoms with Crippen LogP contribution in [-0.4, -0.2) is 57.1 Å². The number of hydrogen-bond donors (Lipinski definition) is 3. The van der Waals surface area contributed by atoms with Crippen molar-refractivity contribution in [3.05, 3.63) is 47.8 Å². The summed E-state index contributed by atoms with van der Waals surface area (Å²) in [5.74, 6) is -15.7. The molecule has 0 unspecified atom stereocenters. The first-order valence-corrected chi connectivity index (χ1v) is 10.5. The minimum Gasteiger partial charge on any atom is -0.481 e. The van der Waals surface area contributed by atoms with E-state index in [0.29, 0.717) is 0 Å². The van der Waals surface area contributed by atoms with Gasteiger partial charge in [-0.25, -0.2) is 18.7 Å². The number of carboxylic acids is 1. The van der Waals surface area contributed by atoms with E-state index in [4.69, 9.17) is 5.11 Å². The zero-order valence-electron chi connectivity index (χ0n) is 19.1. The fourth-order valence-corrected chi connectivity index (χ4v) is 2.82. The molecule has 0 aliphatic carbocycles. The maximum atomic E-state index is 13.8. The summed E-state index contributed by atoms with van der Waals surface area (Å²) in [6.45, 7) is 0.0587. The number of aromatic nitrogens is 2. The molecule has 37 heavy (non-hydrogen) atoms. The minimum atomic E-state index is -1.90. The molecule has 1 heterocycles. The number of Topliss-reactive ketones (excluding diaryl/α,β-unsaturated/α-hetero) is 2. The monoisotopic (exact) mass is 528 g/mol. The topological polar surface area (TPSA) is 165 Å². The summed E-state index contributed by atoms with van der Waals surface area (Å²) in [5.41, 5.74) is 0. The maximum Gasteiger partial charge on any atom is 0.303 e. The summed E-state index contributed by atoms with van der Waals surface area (Å²) >= 11 is 0. The maximum absolute atomic E-state index is 13.8. The van der Waals surface area contributed by atoms with Crippen molar-refractivity contribution in [1.29, 1.82) is 0 Å². The number of nitrogens with zero attached hydrogens (tertiary/aromatic N) is 2. The van der Waals surface area contributed by atoms with E-state index in [0.717, 1.165) is 0 Å². The van der Waals surface area contributed by atoms with E-state index < -0.39 is 96.2 Å². The second-order valence-electron chi connectivity index (χ2n) is 7.60. The molecule has 11 nitrogen and oxygen atoms in total. The van der Waals surface area contributed by atoms with Crippen molar-refractivity contribution in [2.45, 2.75) is 32.2 Å². The third kappa shape index (κ3) is 8.33. The van der Waals surface area contributed by atoms with Gasteiger partial charge in [0.05, 0.1) is 6.04 Å². The van der Waals surface area contributed by atoms with Crippen LogP contribution in [0.3, 0.4) is 0 Å². The SMILES string of the molecule is C[C@H](CC(=O)C(=O)Nc1ncccn1)C(=O)N[C@@H](CCC(=O)O)C(=O)COc1c(F)c(F)cc(F)c1F. The normalized spacial score (nSPS) is 12.2. The molecule has 0 radical (unpaired) electrons. The predicted molar refractivity (Wildman–Crippen MR) is 115 cm³/mol. The minimum absolute atomic E-state index is 0.0644. The van der Waals surface area contributed by atoms with E-state index in [-0.39, 0.29) is 12.0 Å². The van der Waals surface area contributed by atoms with Gasteiger partial charge in [-0.15, -0.1) is 0 Å². The molecule has 0 aliphatic heterocycles. The first-order valence-electron chi connectivity index (χ1n) is 10.5. The molecule has 0 bridgehead atoms. The van der Waals surface area contributed by atoms with E-state index in [9.17, 15) is 41.5 Å².